The van der Waals surface area contributed by atoms with E-state index in [9.17, 15) is 4.79 Å². The zero-order chi connectivity index (χ0) is 12.8. The molecule has 0 unspecified atom stereocenters. The summed E-state index contributed by atoms with van der Waals surface area (Å²) in [4.78, 5) is 14.6. The van der Waals surface area contributed by atoms with Crippen molar-refractivity contribution in [2.24, 2.45) is 0 Å². The Balaban J connectivity index is 2.17. The fraction of sp³-hybridized carbons (Fsp3) is 0.400. The Labute approximate surface area is 107 Å². The lowest BCUT2D eigenvalue weighted by Crippen LogP contribution is -2.38. The maximum Gasteiger partial charge on any atom is 0.238 e. The summed E-state index contributed by atoms with van der Waals surface area (Å²) in [5.74, 6) is 0.237. The zero-order valence-corrected chi connectivity index (χ0v) is 10.5. The van der Waals surface area contributed by atoms with Crippen LogP contribution in [0.15, 0.2) is 30.9 Å². The lowest BCUT2D eigenvalue weighted by atomic mass is 9.80. The molecule has 0 aromatic heterocycles. The van der Waals surface area contributed by atoms with Crippen LogP contribution in [0.5, 0.6) is 0 Å². The molecule has 94 valence electrons. The number of rotatable bonds is 2. The fourth-order valence-corrected chi connectivity index (χ4v) is 3.43. The number of benzene rings is 1. The summed E-state index contributed by atoms with van der Waals surface area (Å²) in [6.45, 7) is 4.33. The molecule has 1 fully saturated rings. The molecule has 18 heavy (non-hydrogen) atoms. The van der Waals surface area contributed by atoms with E-state index < -0.39 is 0 Å². The maximum atomic E-state index is 12.7. The van der Waals surface area contributed by atoms with Gasteiger partial charge in [0.1, 0.15) is 0 Å². The first kappa shape index (κ1) is 11.3. The lowest BCUT2D eigenvalue weighted by molar-refractivity contribution is -0.122. The van der Waals surface area contributed by atoms with Gasteiger partial charge < -0.3 is 10.6 Å². The Morgan fingerprint density at radius 2 is 2.11 bits per heavy atom. The summed E-state index contributed by atoms with van der Waals surface area (Å²) in [7, 11) is 0. The van der Waals surface area contributed by atoms with Crippen molar-refractivity contribution < 1.29 is 4.79 Å². The summed E-state index contributed by atoms with van der Waals surface area (Å²) in [5.41, 5.74) is 8.50. The van der Waals surface area contributed by atoms with Gasteiger partial charge in [0.15, 0.2) is 0 Å². The van der Waals surface area contributed by atoms with E-state index >= 15 is 0 Å². The van der Waals surface area contributed by atoms with Gasteiger partial charge in [-0.25, -0.2) is 0 Å². The van der Waals surface area contributed by atoms with Crippen LogP contribution in [-0.4, -0.2) is 12.5 Å². The minimum atomic E-state index is -0.298. The second-order valence-corrected chi connectivity index (χ2v) is 5.27. The second kappa shape index (κ2) is 3.87. The van der Waals surface area contributed by atoms with Gasteiger partial charge in [-0.2, -0.15) is 0 Å². The van der Waals surface area contributed by atoms with E-state index in [0.717, 1.165) is 42.6 Å². The Hall–Kier alpha value is -1.77. The van der Waals surface area contributed by atoms with Crippen molar-refractivity contribution in [3.05, 3.63) is 36.4 Å². The molecule has 1 spiro atoms. The number of fused-ring (bicyclic) bond motifs is 2. The monoisotopic (exact) mass is 242 g/mol. The summed E-state index contributed by atoms with van der Waals surface area (Å²) in [6.07, 6.45) is 5.95. The van der Waals surface area contributed by atoms with Crippen LogP contribution in [0.25, 0.3) is 0 Å². The average Bonchev–Trinajstić information content (AvgIpc) is 2.92. The van der Waals surface area contributed by atoms with Crippen LogP contribution in [0.2, 0.25) is 0 Å². The van der Waals surface area contributed by atoms with Gasteiger partial charge in [0.05, 0.1) is 5.41 Å². The third kappa shape index (κ3) is 1.33. The van der Waals surface area contributed by atoms with Crippen LogP contribution in [0.4, 0.5) is 11.4 Å². The van der Waals surface area contributed by atoms with Crippen molar-refractivity contribution >= 4 is 17.3 Å². The molecule has 2 N–H and O–H groups in total. The van der Waals surface area contributed by atoms with E-state index in [1.807, 2.05) is 23.1 Å². The van der Waals surface area contributed by atoms with Gasteiger partial charge in [-0.15, -0.1) is 6.58 Å². The number of carbonyl (C=O) groups excluding carboxylic acids is 1. The van der Waals surface area contributed by atoms with E-state index in [1.165, 1.54) is 0 Å². The smallest absolute Gasteiger partial charge is 0.238 e. The minimum absolute atomic E-state index is 0.237. The first-order valence-electron chi connectivity index (χ1n) is 6.52. The highest BCUT2D eigenvalue weighted by Crippen LogP contribution is 2.51. The molecule has 3 heteroatoms. The predicted molar refractivity (Wildman–Crippen MR) is 73.6 cm³/mol. The Kier molecular flexibility index (Phi) is 2.44. The van der Waals surface area contributed by atoms with Crippen molar-refractivity contribution in [1.29, 1.82) is 0 Å². The van der Waals surface area contributed by atoms with Crippen molar-refractivity contribution in [2.75, 3.05) is 17.2 Å². The molecule has 1 aliphatic carbocycles. The highest BCUT2D eigenvalue weighted by atomic mass is 16.2. The summed E-state index contributed by atoms with van der Waals surface area (Å²) in [5, 5.41) is 0. The molecule has 3 rings (SSSR count). The lowest BCUT2D eigenvalue weighted by Gasteiger charge is -2.22. The van der Waals surface area contributed by atoms with Crippen LogP contribution in [0.3, 0.4) is 0 Å². The van der Waals surface area contributed by atoms with E-state index in [4.69, 9.17) is 5.73 Å². The Morgan fingerprint density at radius 1 is 1.39 bits per heavy atom. The van der Waals surface area contributed by atoms with Crippen molar-refractivity contribution in [2.45, 2.75) is 31.1 Å². The standard InChI is InChI=1S/C15H18N2O/c1-2-9-17-13-6-5-11(16)10-12(13)15(14(17)18)7-3-4-8-15/h2,5-6,10H,1,3-4,7-9,16H2. The number of nitrogens with zero attached hydrogens (tertiary/aromatic N) is 1. The second-order valence-electron chi connectivity index (χ2n) is 5.27. The molecular formula is C15H18N2O. The number of amides is 1. The molecule has 0 saturated heterocycles. The molecule has 1 aromatic carbocycles. The molecule has 3 nitrogen and oxygen atoms in total. The van der Waals surface area contributed by atoms with Crippen LogP contribution >= 0.6 is 0 Å². The van der Waals surface area contributed by atoms with E-state index in [0.29, 0.717) is 6.54 Å². The van der Waals surface area contributed by atoms with Crippen molar-refractivity contribution in [3.63, 3.8) is 0 Å². The number of carbonyl (C=O) groups is 1. The number of anilines is 2. The summed E-state index contributed by atoms with van der Waals surface area (Å²) >= 11 is 0. The number of hydrogen-bond acceptors (Lipinski definition) is 2. The fourth-order valence-electron chi connectivity index (χ4n) is 3.43. The highest BCUT2D eigenvalue weighted by molar-refractivity contribution is 6.08. The predicted octanol–water partition coefficient (Wildman–Crippen LogP) is 2.61. The third-order valence-electron chi connectivity index (χ3n) is 4.25. The largest absolute Gasteiger partial charge is 0.399 e. The van der Waals surface area contributed by atoms with E-state index in [-0.39, 0.29) is 11.3 Å². The van der Waals surface area contributed by atoms with Crippen LogP contribution in [0, 0.1) is 0 Å². The van der Waals surface area contributed by atoms with Gasteiger partial charge in [0.2, 0.25) is 5.91 Å². The normalized spacial score (nSPS) is 20.4. The van der Waals surface area contributed by atoms with E-state index in [2.05, 4.69) is 6.58 Å². The van der Waals surface area contributed by atoms with Crippen LogP contribution in [0.1, 0.15) is 31.2 Å². The molecule has 1 aromatic rings. The van der Waals surface area contributed by atoms with Gasteiger partial charge in [-0.3, -0.25) is 4.79 Å². The summed E-state index contributed by atoms with van der Waals surface area (Å²) in [6, 6.07) is 5.83. The van der Waals surface area contributed by atoms with Gasteiger partial charge in [0, 0.05) is 17.9 Å². The molecule has 1 aliphatic heterocycles. The zero-order valence-electron chi connectivity index (χ0n) is 10.5. The molecule has 0 atom stereocenters. The Morgan fingerprint density at radius 3 is 2.78 bits per heavy atom. The van der Waals surface area contributed by atoms with Crippen LogP contribution in [-0.2, 0) is 10.2 Å². The minimum Gasteiger partial charge on any atom is -0.399 e. The number of hydrogen-bond donors (Lipinski definition) is 1. The van der Waals surface area contributed by atoms with Gasteiger partial charge in [0.25, 0.3) is 0 Å². The van der Waals surface area contributed by atoms with Crippen molar-refractivity contribution in [3.8, 4) is 0 Å². The van der Waals surface area contributed by atoms with Gasteiger partial charge in [-0.05, 0) is 36.6 Å². The topological polar surface area (TPSA) is 46.3 Å². The van der Waals surface area contributed by atoms with Crippen molar-refractivity contribution in [1.82, 2.24) is 0 Å². The van der Waals surface area contributed by atoms with E-state index in [1.54, 1.807) is 6.08 Å². The quantitative estimate of drug-likeness (QED) is 0.640. The first-order valence-corrected chi connectivity index (χ1v) is 6.52. The molecule has 1 saturated carbocycles. The highest BCUT2D eigenvalue weighted by Gasteiger charge is 2.51. The first-order chi connectivity index (χ1) is 8.69. The molecule has 2 aliphatic rings. The molecular weight excluding hydrogens is 224 g/mol. The number of nitrogens with two attached hydrogens (primary N) is 1. The van der Waals surface area contributed by atoms with Gasteiger partial charge >= 0.3 is 0 Å². The molecule has 0 bridgehead atoms. The average molecular weight is 242 g/mol. The maximum absolute atomic E-state index is 12.7. The summed E-state index contributed by atoms with van der Waals surface area (Å²) < 4.78 is 0. The SMILES string of the molecule is C=CCN1C(=O)C2(CCCC2)c2cc(N)ccc21. The Bertz CT molecular complexity index is 515. The number of nitrogen functional groups attached to an aromatic ring is 1. The molecule has 1 amide bonds. The molecule has 0 radical (unpaired) electrons. The van der Waals surface area contributed by atoms with Crippen LogP contribution < -0.4 is 10.6 Å². The third-order valence-corrected chi connectivity index (χ3v) is 4.25. The molecule has 1 heterocycles. The van der Waals surface area contributed by atoms with Gasteiger partial charge in [-0.1, -0.05) is 18.9 Å².